The van der Waals surface area contributed by atoms with Gasteiger partial charge in [0.05, 0.1) is 6.54 Å². The van der Waals surface area contributed by atoms with Gasteiger partial charge in [0.15, 0.2) is 0 Å². The van der Waals surface area contributed by atoms with Crippen molar-refractivity contribution in [1.29, 1.82) is 0 Å². The topological polar surface area (TPSA) is 34.0 Å². The number of nitrogens with zero attached hydrogens (tertiary/aromatic N) is 4. The van der Waals surface area contributed by atoms with E-state index in [0.717, 1.165) is 31.3 Å². The molecule has 1 aliphatic rings. The molecule has 0 N–H and O–H groups in total. The lowest BCUT2D eigenvalue weighted by Gasteiger charge is -2.34. The lowest BCUT2D eigenvalue weighted by Crippen LogP contribution is -2.34. The van der Waals surface area contributed by atoms with E-state index in [-0.39, 0.29) is 0 Å². The second-order valence-corrected chi connectivity index (χ2v) is 6.55. The molecule has 0 spiro atoms. The summed E-state index contributed by atoms with van der Waals surface area (Å²) in [5.74, 6) is 2.39. The Labute approximate surface area is 142 Å². The quantitative estimate of drug-likeness (QED) is 0.743. The van der Waals surface area contributed by atoms with Crippen molar-refractivity contribution in [1.82, 2.24) is 19.7 Å². The minimum atomic E-state index is 0.408. The number of fused-ring (bicyclic) bond motifs is 1. The van der Waals surface area contributed by atoms with Crippen LogP contribution in [0.2, 0.25) is 0 Å². The maximum absolute atomic E-state index is 4.33. The van der Waals surface area contributed by atoms with Gasteiger partial charge in [0.2, 0.25) is 0 Å². The first-order valence-electron chi connectivity index (χ1n) is 8.42. The van der Waals surface area contributed by atoms with Gasteiger partial charge in [-0.3, -0.25) is 4.90 Å². The van der Waals surface area contributed by atoms with Crippen LogP contribution in [0, 0.1) is 6.92 Å². The molecular formula is C20H22N4. The molecule has 4 heteroatoms. The fourth-order valence-corrected chi connectivity index (χ4v) is 3.56. The third-order valence-electron chi connectivity index (χ3n) is 5.01. The van der Waals surface area contributed by atoms with Gasteiger partial charge in [-0.1, -0.05) is 54.6 Å². The molecule has 1 atom stereocenters. The molecular weight excluding hydrogens is 296 g/mol. The van der Waals surface area contributed by atoms with Crippen molar-refractivity contribution < 1.29 is 0 Å². The lowest BCUT2D eigenvalue weighted by molar-refractivity contribution is 0.224. The van der Waals surface area contributed by atoms with E-state index in [1.165, 1.54) is 16.7 Å². The highest BCUT2D eigenvalue weighted by Gasteiger charge is 2.27. The van der Waals surface area contributed by atoms with Crippen molar-refractivity contribution >= 4 is 0 Å². The van der Waals surface area contributed by atoms with Crippen molar-refractivity contribution in [2.24, 2.45) is 7.05 Å². The molecule has 0 unspecified atom stereocenters. The van der Waals surface area contributed by atoms with E-state index in [1.54, 1.807) is 0 Å². The average Bonchev–Trinajstić information content (AvgIpc) is 2.94. The van der Waals surface area contributed by atoms with Crippen LogP contribution in [-0.2, 0) is 20.1 Å². The highest BCUT2D eigenvalue weighted by atomic mass is 15.3. The summed E-state index contributed by atoms with van der Waals surface area (Å²) in [6.07, 6.45) is 0. The zero-order valence-electron chi connectivity index (χ0n) is 14.2. The summed E-state index contributed by atoms with van der Waals surface area (Å²) in [7, 11) is 2.04. The molecule has 0 aliphatic carbocycles. The molecule has 0 saturated carbocycles. The Kier molecular flexibility index (Phi) is 3.90. The zero-order valence-corrected chi connectivity index (χ0v) is 14.2. The van der Waals surface area contributed by atoms with Gasteiger partial charge >= 0.3 is 0 Å². The molecule has 1 aliphatic heterocycles. The third-order valence-corrected chi connectivity index (χ3v) is 5.01. The van der Waals surface area contributed by atoms with Gasteiger partial charge in [-0.05, 0) is 23.6 Å². The first kappa shape index (κ1) is 15.1. The average molecular weight is 318 g/mol. The molecule has 0 bridgehead atoms. The van der Waals surface area contributed by atoms with Crippen LogP contribution in [0.5, 0.6) is 0 Å². The highest BCUT2D eigenvalue weighted by molar-refractivity contribution is 5.40. The highest BCUT2D eigenvalue weighted by Crippen LogP contribution is 2.33. The predicted octanol–water partition coefficient (Wildman–Crippen LogP) is 3.27. The van der Waals surface area contributed by atoms with Crippen LogP contribution < -0.4 is 0 Å². The molecule has 0 saturated heterocycles. The SMILES string of the molecule is Cc1nnc(CN2Cc3ccccc3[C@@H](c3ccccc3)C2)n1C. The molecule has 122 valence electrons. The van der Waals surface area contributed by atoms with Gasteiger partial charge in [0.25, 0.3) is 0 Å². The molecule has 1 aromatic heterocycles. The van der Waals surface area contributed by atoms with Crippen molar-refractivity contribution in [3.8, 4) is 0 Å². The van der Waals surface area contributed by atoms with Crippen LogP contribution in [0.4, 0.5) is 0 Å². The number of benzene rings is 2. The second-order valence-electron chi connectivity index (χ2n) is 6.55. The van der Waals surface area contributed by atoms with E-state index in [1.807, 2.05) is 14.0 Å². The molecule has 4 nitrogen and oxygen atoms in total. The summed E-state index contributed by atoms with van der Waals surface area (Å²) in [6, 6.07) is 19.6. The number of rotatable bonds is 3. The summed E-state index contributed by atoms with van der Waals surface area (Å²) in [5, 5.41) is 8.52. The number of aromatic nitrogens is 3. The van der Waals surface area contributed by atoms with E-state index in [9.17, 15) is 0 Å². The fourth-order valence-electron chi connectivity index (χ4n) is 3.56. The Morgan fingerprint density at radius 2 is 1.75 bits per heavy atom. The van der Waals surface area contributed by atoms with E-state index in [4.69, 9.17) is 0 Å². The molecule has 4 rings (SSSR count). The minimum Gasteiger partial charge on any atom is -0.317 e. The number of hydrogen-bond acceptors (Lipinski definition) is 3. The summed E-state index contributed by atoms with van der Waals surface area (Å²) >= 11 is 0. The van der Waals surface area contributed by atoms with Gasteiger partial charge in [0.1, 0.15) is 11.6 Å². The zero-order chi connectivity index (χ0) is 16.5. The van der Waals surface area contributed by atoms with Gasteiger partial charge in [-0.2, -0.15) is 0 Å². The van der Waals surface area contributed by atoms with Crippen LogP contribution in [0.15, 0.2) is 54.6 Å². The molecule has 2 aromatic carbocycles. The van der Waals surface area contributed by atoms with Crippen LogP contribution in [0.25, 0.3) is 0 Å². The molecule has 2 heterocycles. The molecule has 3 aromatic rings. The summed E-state index contributed by atoms with van der Waals surface area (Å²) in [4.78, 5) is 2.48. The van der Waals surface area contributed by atoms with Crippen molar-refractivity contribution in [2.45, 2.75) is 25.9 Å². The normalized spacial score (nSPS) is 17.7. The molecule has 24 heavy (non-hydrogen) atoms. The summed E-state index contributed by atoms with van der Waals surface area (Å²) in [6.45, 7) is 4.79. The van der Waals surface area contributed by atoms with Crippen LogP contribution in [0.1, 0.15) is 34.3 Å². The monoisotopic (exact) mass is 318 g/mol. The first-order chi connectivity index (χ1) is 11.7. The maximum atomic E-state index is 4.33. The van der Waals surface area contributed by atoms with Crippen molar-refractivity contribution in [2.75, 3.05) is 6.54 Å². The molecule has 0 amide bonds. The summed E-state index contributed by atoms with van der Waals surface area (Å²) < 4.78 is 2.08. The van der Waals surface area contributed by atoms with E-state index in [2.05, 4.69) is 74.3 Å². The van der Waals surface area contributed by atoms with E-state index < -0.39 is 0 Å². The van der Waals surface area contributed by atoms with Gasteiger partial charge < -0.3 is 4.57 Å². The Hall–Kier alpha value is -2.46. The first-order valence-corrected chi connectivity index (χ1v) is 8.42. The van der Waals surface area contributed by atoms with Crippen LogP contribution >= 0.6 is 0 Å². The fraction of sp³-hybridized carbons (Fsp3) is 0.300. The Balaban J connectivity index is 1.66. The third kappa shape index (κ3) is 2.74. The van der Waals surface area contributed by atoms with Gasteiger partial charge in [-0.25, -0.2) is 0 Å². The maximum Gasteiger partial charge on any atom is 0.146 e. The number of hydrogen-bond donors (Lipinski definition) is 0. The van der Waals surface area contributed by atoms with Gasteiger partial charge in [-0.15, -0.1) is 10.2 Å². The number of aryl methyl sites for hydroxylation is 1. The molecule has 0 radical (unpaired) electrons. The van der Waals surface area contributed by atoms with E-state index in [0.29, 0.717) is 5.92 Å². The van der Waals surface area contributed by atoms with Gasteiger partial charge in [0, 0.05) is 26.1 Å². The largest absolute Gasteiger partial charge is 0.317 e. The minimum absolute atomic E-state index is 0.408. The molecule has 0 fully saturated rings. The van der Waals surface area contributed by atoms with Crippen molar-refractivity contribution in [3.63, 3.8) is 0 Å². The Morgan fingerprint density at radius 1 is 1.00 bits per heavy atom. The Morgan fingerprint density at radius 3 is 2.50 bits per heavy atom. The lowest BCUT2D eigenvalue weighted by atomic mass is 9.85. The van der Waals surface area contributed by atoms with Crippen LogP contribution in [-0.4, -0.2) is 26.2 Å². The second kappa shape index (κ2) is 6.21. The predicted molar refractivity (Wildman–Crippen MR) is 94.6 cm³/mol. The van der Waals surface area contributed by atoms with Crippen molar-refractivity contribution in [3.05, 3.63) is 82.9 Å². The summed E-state index contributed by atoms with van der Waals surface area (Å²) in [5.41, 5.74) is 4.24. The van der Waals surface area contributed by atoms with E-state index >= 15 is 0 Å². The Bertz CT molecular complexity index is 838. The van der Waals surface area contributed by atoms with Crippen LogP contribution in [0.3, 0.4) is 0 Å². The standard InChI is InChI=1S/C20H22N4/c1-15-21-22-20(23(15)2)14-24-12-17-10-6-7-11-18(17)19(13-24)16-8-4-3-5-9-16/h3-11,19H,12-14H2,1-2H3/t19-/m1/s1. The smallest absolute Gasteiger partial charge is 0.146 e.